The molecular formula is C15H20N4OS. The highest BCUT2D eigenvalue weighted by atomic mass is 32.1. The lowest BCUT2D eigenvalue weighted by Crippen LogP contribution is -2.23. The van der Waals surface area contributed by atoms with Crippen molar-refractivity contribution in [2.75, 3.05) is 5.32 Å². The van der Waals surface area contributed by atoms with Crippen LogP contribution < -0.4 is 11.1 Å². The molecule has 0 fully saturated rings. The Kier molecular flexibility index (Phi) is 4.90. The van der Waals surface area contributed by atoms with Crippen LogP contribution in [0.5, 0.6) is 0 Å². The van der Waals surface area contributed by atoms with E-state index in [9.17, 15) is 0 Å². The summed E-state index contributed by atoms with van der Waals surface area (Å²) in [6.45, 7) is 5.94. The van der Waals surface area contributed by atoms with Crippen molar-refractivity contribution < 1.29 is 4.42 Å². The third-order valence-electron chi connectivity index (χ3n) is 3.49. The molecule has 0 spiro atoms. The van der Waals surface area contributed by atoms with Crippen molar-refractivity contribution in [3.63, 3.8) is 0 Å². The highest BCUT2D eigenvalue weighted by molar-refractivity contribution is 7.80. The summed E-state index contributed by atoms with van der Waals surface area (Å²) in [6, 6.07) is 4.08. The molecule has 0 amide bonds. The minimum absolute atomic E-state index is 0.208. The summed E-state index contributed by atoms with van der Waals surface area (Å²) in [4.78, 5) is 0.339. The van der Waals surface area contributed by atoms with Gasteiger partial charge in [0.05, 0.1) is 17.5 Å². The maximum atomic E-state index is 5.82. The van der Waals surface area contributed by atoms with E-state index >= 15 is 0 Å². The molecular weight excluding hydrogens is 284 g/mol. The average molecular weight is 304 g/mol. The number of nitrogens with one attached hydrogen (secondary N) is 1. The summed E-state index contributed by atoms with van der Waals surface area (Å²) >= 11 is 5.13. The van der Waals surface area contributed by atoms with Crippen molar-refractivity contribution in [2.45, 2.75) is 39.7 Å². The summed E-state index contributed by atoms with van der Waals surface area (Å²) in [5, 5.41) is 11.7. The summed E-state index contributed by atoms with van der Waals surface area (Å²) in [6.07, 6.45) is 3.47. The second-order valence-corrected chi connectivity index (χ2v) is 5.60. The molecule has 0 saturated carbocycles. The number of aryl methyl sites for hydroxylation is 2. The van der Waals surface area contributed by atoms with E-state index in [2.05, 4.69) is 22.4 Å². The van der Waals surface area contributed by atoms with Crippen LogP contribution in [0.15, 0.2) is 22.8 Å². The summed E-state index contributed by atoms with van der Waals surface area (Å²) in [7, 11) is 0. The molecule has 2 aromatic heterocycles. The molecule has 2 rings (SSSR count). The SMILES string of the molecule is Cc1nnc(NC(C)CCc2ccco2)c(C(N)=S)c1C. The van der Waals surface area contributed by atoms with E-state index in [0.717, 1.165) is 35.4 Å². The number of rotatable bonds is 6. The fourth-order valence-electron chi connectivity index (χ4n) is 2.13. The summed E-state index contributed by atoms with van der Waals surface area (Å²) in [5.41, 5.74) is 8.41. The Morgan fingerprint density at radius 2 is 2.19 bits per heavy atom. The number of thiocarbonyl (C=S) groups is 1. The van der Waals surface area contributed by atoms with Gasteiger partial charge in [0.1, 0.15) is 10.7 Å². The van der Waals surface area contributed by atoms with Crippen LogP contribution in [0.25, 0.3) is 0 Å². The lowest BCUT2D eigenvalue weighted by molar-refractivity contribution is 0.494. The Hall–Kier alpha value is -1.95. The molecule has 0 aliphatic heterocycles. The van der Waals surface area contributed by atoms with Crippen LogP contribution in [0.4, 0.5) is 5.82 Å². The monoisotopic (exact) mass is 304 g/mol. The molecule has 2 heterocycles. The zero-order chi connectivity index (χ0) is 15.4. The summed E-state index contributed by atoms with van der Waals surface area (Å²) < 4.78 is 5.33. The lowest BCUT2D eigenvalue weighted by Gasteiger charge is -2.17. The van der Waals surface area contributed by atoms with Gasteiger partial charge in [-0.2, -0.15) is 5.10 Å². The highest BCUT2D eigenvalue weighted by Crippen LogP contribution is 2.20. The predicted molar refractivity (Wildman–Crippen MR) is 87.5 cm³/mol. The number of nitrogens with zero attached hydrogens (tertiary/aromatic N) is 2. The van der Waals surface area contributed by atoms with Gasteiger partial charge < -0.3 is 15.5 Å². The van der Waals surface area contributed by atoms with Gasteiger partial charge in [0.15, 0.2) is 5.82 Å². The van der Waals surface area contributed by atoms with E-state index in [4.69, 9.17) is 22.4 Å². The van der Waals surface area contributed by atoms with E-state index in [1.165, 1.54) is 0 Å². The standard InChI is InChI=1S/C15H20N4OS/c1-9(6-7-12-5-4-8-20-12)17-15-13(14(16)21)10(2)11(3)18-19-15/h4-5,8-9H,6-7H2,1-3H3,(H2,16,21)(H,17,19). The van der Waals surface area contributed by atoms with Gasteiger partial charge in [-0.05, 0) is 44.9 Å². The molecule has 0 saturated heterocycles. The second kappa shape index (κ2) is 6.67. The third kappa shape index (κ3) is 3.78. The topological polar surface area (TPSA) is 77.0 Å². The zero-order valence-electron chi connectivity index (χ0n) is 12.5. The number of hydrogen-bond acceptors (Lipinski definition) is 5. The van der Waals surface area contributed by atoms with Crippen molar-refractivity contribution in [1.82, 2.24) is 10.2 Å². The number of nitrogens with two attached hydrogens (primary N) is 1. The van der Waals surface area contributed by atoms with E-state index in [-0.39, 0.29) is 6.04 Å². The molecule has 112 valence electrons. The molecule has 6 heteroatoms. The van der Waals surface area contributed by atoms with E-state index in [1.54, 1.807) is 6.26 Å². The van der Waals surface area contributed by atoms with Gasteiger partial charge >= 0.3 is 0 Å². The van der Waals surface area contributed by atoms with Crippen LogP contribution in [-0.2, 0) is 6.42 Å². The quantitative estimate of drug-likeness (QED) is 0.799. The minimum atomic E-state index is 0.208. The number of aromatic nitrogens is 2. The first kappa shape index (κ1) is 15.4. The smallest absolute Gasteiger partial charge is 0.159 e. The normalized spacial score (nSPS) is 12.1. The van der Waals surface area contributed by atoms with Gasteiger partial charge in [-0.1, -0.05) is 12.2 Å². The van der Waals surface area contributed by atoms with Gasteiger partial charge in [-0.3, -0.25) is 0 Å². The molecule has 1 unspecified atom stereocenters. The van der Waals surface area contributed by atoms with Crippen molar-refractivity contribution in [3.8, 4) is 0 Å². The van der Waals surface area contributed by atoms with Gasteiger partial charge in [-0.15, -0.1) is 5.10 Å². The fourth-order valence-corrected chi connectivity index (χ4v) is 2.38. The van der Waals surface area contributed by atoms with Crippen molar-refractivity contribution in [2.24, 2.45) is 5.73 Å². The Labute approximate surface area is 129 Å². The molecule has 0 bridgehead atoms. The first-order chi connectivity index (χ1) is 9.99. The first-order valence-corrected chi connectivity index (χ1v) is 7.32. The Morgan fingerprint density at radius 3 is 2.81 bits per heavy atom. The molecule has 21 heavy (non-hydrogen) atoms. The maximum absolute atomic E-state index is 5.82. The van der Waals surface area contributed by atoms with Crippen LogP contribution in [0.1, 0.15) is 35.9 Å². The van der Waals surface area contributed by atoms with Crippen LogP contribution >= 0.6 is 12.2 Å². The van der Waals surface area contributed by atoms with Crippen LogP contribution in [0.2, 0.25) is 0 Å². The molecule has 2 aromatic rings. The molecule has 0 aliphatic carbocycles. The Bertz CT molecular complexity index is 625. The molecule has 0 aliphatic rings. The minimum Gasteiger partial charge on any atom is -0.469 e. The predicted octanol–water partition coefficient (Wildman–Crippen LogP) is 2.75. The molecule has 0 radical (unpaired) electrons. The van der Waals surface area contributed by atoms with Gasteiger partial charge in [-0.25, -0.2) is 0 Å². The molecule has 5 nitrogen and oxygen atoms in total. The lowest BCUT2D eigenvalue weighted by atomic mass is 10.1. The third-order valence-corrected chi connectivity index (χ3v) is 3.69. The Morgan fingerprint density at radius 1 is 1.43 bits per heavy atom. The van der Waals surface area contributed by atoms with Crippen LogP contribution in [0, 0.1) is 13.8 Å². The van der Waals surface area contributed by atoms with Gasteiger partial charge in [0.25, 0.3) is 0 Å². The van der Waals surface area contributed by atoms with E-state index in [0.29, 0.717) is 10.8 Å². The zero-order valence-corrected chi connectivity index (χ0v) is 13.3. The number of hydrogen-bond donors (Lipinski definition) is 2. The first-order valence-electron chi connectivity index (χ1n) is 6.91. The van der Waals surface area contributed by atoms with Crippen molar-refractivity contribution in [1.29, 1.82) is 0 Å². The molecule has 1 atom stereocenters. The number of furan rings is 1. The van der Waals surface area contributed by atoms with E-state index < -0.39 is 0 Å². The van der Waals surface area contributed by atoms with Crippen molar-refractivity contribution >= 4 is 23.0 Å². The second-order valence-electron chi connectivity index (χ2n) is 5.16. The van der Waals surface area contributed by atoms with E-state index in [1.807, 2.05) is 26.0 Å². The number of anilines is 1. The molecule has 0 aromatic carbocycles. The maximum Gasteiger partial charge on any atom is 0.159 e. The van der Waals surface area contributed by atoms with Crippen LogP contribution in [0.3, 0.4) is 0 Å². The van der Waals surface area contributed by atoms with Crippen LogP contribution in [-0.4, -0.2) is 21.2 Å². The largest absolute Gasteiger partial charge is 0.469 e. The highest BCUT2D eigenvalue weighted by Gasteiger charge is 2.15. The van der Waals surface area contributed by atoms with Crippen molar-refractivity contribution in [3.05, 3.63) is 41.0 Å². The van der Waals surface area contributed by atoms with Gasteiger partial charge in [0.2, 0.25) is 0 Å². The molecule has 3 N–H and O–H groups in total. The fraction of sp³-hybridized carbons (Fsp3) is 0.400. The summed E-state index contributed by atoms with van der Waals surface area (Å²) in [5.74, 6) is 1.63. The van der Waals surface area contributed by atoms with Gasteiger partial charge in [0, 0.05) is 12.5 Å². The Balaban J connectivity index is 2.08. The average Bonchev–Trinajstić information content (AvgIpc) is 2.93.